The first-order valence-corrected chi connectivity index (χ1v) is 13.7. The van der Waals surface area contributed by atoms with Crippen molar-refractivity contribution >= 4 is 0 Å². The van der Waals surface area contributed by atoms with Crippen LogP contribution in [0, 0.1) is 17.8 Å². The van der Waals surface area contributed by atoms with Crippen LogP contribution in [-0.2, 0) is 7.05 Å². The first-order valence-electron chi connectivity index (χ1n) is 13.7. The fourth-order valence-corrected chi connectivity index (χ4v) is 2.81. The Morgan fingerprint density at radius 2 is 1.15 bits per heavy atom. The van der Waals surface area contributed by atoms with Crippen molar-refractivity contribution in [3.8, 4) is 0 Å². The Hall–Kier alpha value is -1.57. The maximum Gasteiger partial charge on any atom is 0.0489 e. The second kappa shape index (κ2) is 30.4. The van der Waals surface area contributed by atoms with Gasteiger partial charge < -0.3 is 0 Å². The average molecular weight is 463 g/mol. The molecular weight excluding hydrogens is 400 g/mol. The zero-order chi connectivity index (χ0) is 26.7. The molecule has 0 aliphatic heterocycles. The van der Waals surface area contributed by atoms with Crippen molar-refractivity contribution in [2.75, 3.05) is 0 Å². The van der Waals surface area contributed by atoms with E-state index in [1.165, 1.54) is 31.2 Å². The number of aryl methyl sites for hydroxylation is 1. The number of nitrogens with zero attached hydrogens (tertiary/aromatic N) is 2. The van der Waals surface area contributed by atoms with Gasteiger partial charge in [-0.3, -0.25) is 4.68 Å². The van der Waals surface area contributed by atoms with E-state index in [2.05, 4.69) is 77.8 Å². The molecule has 1 aromatic carbocycles. The summed E-state index contributed by atoms with van der Waals surface area (Å²) in [7, 11) is 1.89. The molecule has 1 fully saturated rings. The van der Waals surface area contributed by atoms with Gasteiger partial charge >= 0.3 is 0 Å². The van der Waals surface area contributed by atoms with Gasteiger partial charge in [-0.15, -0.1) is 0 Å². The third-order valence-corrected chi connectivity index (χ3v) is 4.45. The Labute approximate surface area is 210 Å². The van der Waals surface area contributed by atoms with Crippen molar-refractivity contribution in [2.45, 2.75) is 122 Å². The lowest BCUT2D eigenvalue weighted by atomic mass is 9.95. The largest absolute Gasteiger partial charge is 0.276 e. The summed E-state index contributed by atoms with van der Waals surface area (Å²) in [6, 6.07) is 12.4. The fourth-order valence-electron chi connectivity index (χ4n) is 2.81. The lowest BCUT2D eigenvalue weighted by Crippen LogP contribution is -2.01. The molecule has 0 unspecified atom stereocenters. The van der Waals surface area contributed by atoms with Gasteiger partial charge in [-0.25, -0.2) is 0 Å². The summed E-state index contributed by atoms with van der Waals surface area (Å²) in [6.07, 6.45) is 9.61. The smallest absolute Gasteiger partial charge is 0.0489 e. The molecular formula is C31H62N2. The molecule has 1 saturated carbocycles. The minimum atomic E-state index is 0.659. The summed E-state index contributed by atoms with van der Waals surface area (Å²) in [5.74, 6) is 3.50. The van der Waals surface area contributed by atoms with Crippen LogP contribution < -0.4 is 0 Å². The zero-order valence-corrected chi connectivity index (χ0v) is 25.2. The Morgan fingerprint density at radius 3 is 1.33 bits per heavy atom. The molecule has 0 saturated heterocycles. The van der Waals surface area contributed by atoms with Gasteiger partial charge in [-0.05, 0) is 35.3 Å². The molecule has 2 nitrogen and oxygen atoms in total. The minimum absolute atomic E-state index is 0.659. The highest BCUT2D eigenvalue weighted by atomic mass is 15.2. The van der Waals surface area contributed by atoms with Crippen molar-refractivity contribution in [2.24, 2.45) is 24.8 Å². The number of rotatable bonds is 2. The van der Waals surface area contributed by atoms with Crippen molar-refractivity contribution in [3.05, 3.63) is 54.4 Å². The van der Waals surface area contributed by atoms with Crippen LogP contribution in [0.1, 0.15) is 127 Å². The zero-order valence-electron chi connectivity index (χ0n) is 25.2. The molecule has 0 spiro atoms. The average Bonchev–Trinajstić information content (AvgIpc) is 3.53. The Morgan fingerprint density at radius 1 is 0.727 bits per heavy atom. The summed E-state index contributed by atoms with van der Waals surface area (Å²) in [4.78, 5) is 0. The van der Waals surface area contributed by atoms with Gasteiger partial charge in [0, 0.05) is 19.4 Å². The molecule has 0 atom stereocenters. The van der Waals surface area contributed by atoms with Gasteiger partial charge in [0.25, 0.3) is 0 Å². The van der Waals surface area contributed by atoms with E-state index in [-0.39, 0.29) is 0 Å². The molecule has 0 radical (unpaired) electrons. The van der Waals surface area contributed by atoms with E-state index < -0.39 is 0 Å². The predicted octanol–water partition coefficient (Wildman–Crippen LogP) is 10.8. The van der Waals surface area contributed by atoms with E-state index in [9.17, 15) is 0 Å². The molecule has 0 amide bonds. The highest BCUT2D eigenvalue weighted by molar-refractivity contribution is 5.17. The van der Waals surface area contributed by atoms with Crippen LogP contribution in [0.2, 0.25) is 0 Å². The van der Waals surface area contributed by atoms with Crippen LogP contribution >= 0.6 is 0 Å². The van der Waals surface area contributed by atoms with Gasteiger partial charge in [0.15, 0.2) is 0 Å². The van der Waals surface area contributed by atoms with Gasteiger partial charge in [-0.1, -0.05) is 146 Å². The first-order chi connectivity index (χ1) is 15.7. The molecule has 0 bridgehead atoms. The third-order valence-electron chi connectivity index (χ3n) is 4.45. The molecule has 1 aliphatic carbocycles. The number of hydrogen-bond acceptors (Lipinski definition) is 1. The number of hydrogen-bond donors (Lipinski definition) is 0. The van der Waals surface area contributed by atoms with Crippen molar-refractivity contribution in [1.29, 1.82) is 0 Å². The van der Waals surface area contributed by atoms with Gasteiger partial charge in [0.05, 0.1) is 0 Å². The second-order valence-electron chi connectivity index (χ2n) is 8.77. The highest BCUT2D eigenvalue weighted by Gasteiger charge is 2.17. The molecule has 2 heteroatoms. The summed E-state index contributed by atoms with van der Waals surface area (Å²) in [6.45, 7) is 27.6. The van der Waals surface area contributed by atoms with Crippen LogP contribution in [0.25, 0.3) is 0 Å². The molecule has 33 heavy (non-hydrogen) atoms. The normalized spacial score (nSPS) is 11.5. The van der Waals surface area contributed by atoms with E-state index >= 15 is 0 Å². The van der Waals surface area contributed by atoms with Crippen LogP contribution in [0.5, 0.6) is 0 Å². The monoisotopic (exact) mass is 462 g/mol. The molecule has 1 aromatic heterocycles. The van der Waals surface area contributed by atoms with Crippen molar-refractivity contribution < 1.29 is 0 Å². The number of aromatic nitrogens is 2. The van der Waals surface area contributed by atoms with Gasteiger partial charge in [-0.2, -0.15) is 5.10 Å². The maximum atomic E-state index is 3.83. The molecule has 2 aromatic rings. The third kappa shape index (κ3) is 30.4. The SMILES string of the molecule is CC.CC.CC.CC(C)C.CC(C)C1CCCC1.CC(C)c1ccccc1.Cn1cccn1. The van der Waals surface area contributed by atoms with E-state index in [0.717, 1.165) is 17.8 Å². The molecule has 1 heterocycles. The summed E-state index contributed by atoms with van der Waals surface area (Å²) >= 11 is 0. The standard InChI is InChI=1S/C9H12.C8H16.C4H6N2.C4H10.3C2H6/c1-8(2)9-6-4-3-5-7-9;1-7(2)8-5-3-4-6-8;1-6-4-2-3-5-6;1-4(2)3;3*1-2/h3-8H,1-2H3;7-8H,3-6H2,1-2H3;2-4H,1H3;4H,1-3H3;3*1-2H3. The maximum absolute atomic E-state index is 3.83. The summed E-state index contributed by atoms with van der Waals surface area (Å²) in [5, 5.41) is 3.83. The second-order valence-corrected chi connectivity index (χ2v) is 8.77. The van der Waals surface area contributed by atoms with Crippen LogP contribution in [0.15, 0.2) is 48.8 Å². The lowest BCUT2D eigenvalue weighted by Gasteiger charge is -2.11. The summed E-state index contributed by atoms with van der Waals surface area (Å²) in [5.41, 5.74) is 1.41. The molecule has 3 rings (SSSR count). The van der Waals surface area contributed by atoms with E-state index in [4.69, 9.17) is 0 Å². The Bertz CT molecular complexity index is 519. The van der Waals surface area contributed by atoms with Gasteiger partial charge in [0.1, 0.15) is 0 Å². The summed E-state index contributed by atoms with van der Waals surface area (Å²) < 4.78 is 1.75. The fraction of sp³-hybridized carbons (Fsp3) is 0.710. The Kier molecular flexibility index (Phi) is 35.7. The van der Waals surface area contributed by atoms with Crippen molar-refractivity contribution in [1.82, 2.24) is 9.78 Å². The van der Waals surface area contributed by atoms with E-state index in [0.29, 0.717) is 5.92 Å². The van der Waals surface area contributed by atoms with Crippen LogP contribution in [0.3, 0.4) is 0 Å². The number of benzene rings is 1. The van der Waals surface area contributed by atoms with Crippen LogP contribution in [0.4, 0.5) is 0 Å². The topological polar surface area (TPSA) is 17.8 Å². The van der Waals surface area contributed by atoms with Crippen LogP contribution in [-0.4, -0.2) is 9.78 Å². The molecule has 0 N–H and O–H groups in total. The van der Waals surface area contributed by atoms with E-state index in [1.807, 2.05) is 66.9 Å². The molecule has 1 aliphatic rings. The molecule has 196 valence electrons. The van der Waals surface area contributed by atoms with Crippen molar-refractivity contribution in [3.63, 3.8) is 0 Å². The Balaban J connectivity index is -0.000000162. The minimum Gasteiger partial charge on any atom is -0.276 e. The lowest BCUT2D eigenvalue weighted by molar-refractivity contribution is 0.396. The van der Waals surface area contributed by atoms with E-state index in [1.54, 1.807) is 10.9 Å². The van der Waals surface area contributed by atoms with Gasteiger partial charge in [0.2, 0.25) is 0 Å². The highest BCUT2D eigenvalue weighted by Crippen LogP contribution is 2.30. The quantitative estimate of drug-likeness (QED) is 0.434. The predicted molar refractivity (Wildman–Crippen MR) is 155 cm³/mol. The first kappa shape index (κ1) is 38.7.